The van der Waals surface area contributed by atoms with Crippen LogP contribution in [0, 0.1) is 11.7 Å². The number of hydrogen-bond donors (Lipinski definition) is 1. The fourth-order valence-corrected chi connectivity index (χ4v) is 1.83. The highest BCUT2D eigenvalue weighted by atomic mass is 79.9. The van der Waals surface area contributed by atoms with E-state index in [0.29, 0.717) is 4.47 Å². The molecule has 0 amide bonds. The van der Waals surface area contributed by atoms with Gasteiger partial charge in [-0.2, -0.15) is 0 Å². The van der Waals surface area contributed by atoms with Crippen molar-refractivity contribution in [3.63, 3.8) is 0 Å². The third kappa shape index (κ3) is 2.26. The van der Waals surface area contributed by atoms with Crippen molar-refractivity contribution in [1.29, 1.82) is 0 Å². The minimum atomic E-state index is -1.05. The van der Waals surface area contributed by atoms with Crippen molar-refractivity contribution in [2.45, 2.75) is 18.9 Å². The van der Waals surface area contributed by atoms with Crippen LogP contribution in [0.2, 0.25) is 0 Å². The van der Waals surface area contributed by atoms with E-state index < -0.39 is 17.7 Å². The molecule has 1 aromatic carbocycles. The summed E-state index contributed by atoms with van der Waals surface area (Å²) in [6.45, 7) is 0. The second-order valence-corrected chi connectivity index (χ2v) is 4.69. The van der Waals surface area contributed by atoms with E-state index in [1.165, 1.54) is 18.2 Å². The van der Waals surface area contributed by atoms with Crippen LogP contribution in [0.15, 0.2) is 22.7 Å². The number of Topliss-reactive ketones (excluding diaryl/α,β-unsaturated/α-hetero) is 1. The Morgan fingerprint density at radius 2 is 2.20 bits per heavy atom. The molecular formula is C11H10BrFO2. The van der Waals surface area contributed by atoms with Crippen LogP contribution in [-0.4, -0.2) is 17.0 Å². The number of benzene rings is 1. The fourth-order valence-electron chi connectivity index (χ4n) is 1.47. The first-order chi connectivity index (χ1) is 7.09. The van der Waals surface area contributed by atoms with E-state index in [2.05, 4.69) is 15.9 Å². The van der Waals surface area contributed by atoms with Crippen LogP contribution in [0.5, 0.6) is 0 Å². The molecule has 1 atom stereocenters. The second kappa shape index (κ2) is 4.02. The van der Waals surface area contributed by atoms with Gasteiger partial charge in [0.15, 0.2) is 5.78 Å². The van der Waals surface area contributed by atoms with E-state index in [9.17, 15) is 14.3 Å². The number of aliphatic hydroxyl groups excluding tert-OH is 1. The molecule has 0 bridgehead atoms. The zero-order chi connectivity index (χ0) is 11.0. The van der Waals surface area contributed by atoms with E-state index in [4.69, 9.17) is 0 Å². The smallest absolute Gasteiger partial charge is 0.194 e. The summed E-state index contributed by atoms with van der Waals surface area (Å²) in [5.41, 5.74) is -0.0382. The molecule has 1 aliphatic rings. The number of halogens is 2. The molecule has 1 fully saturated rings. The van der Waals surface area contributed by atoms with E-state index in [-0.39, 0.29) is 11.5 Å². The Morgan fingerprint density at radius 1 is 1.53 bits per heavy atom. The molecule has 0 saturated heterocycles. The third-order valence-electron chi connectivity index (χ3n) is 2.53. The van der Waals surface area contributed by atoms with Gasteiger partial charge in [0.2, 0.25) is 0 Å². The van der Waals surface area contributed by atoms with Crippen molar-refractivity contribution in [3.8, 4) is 0 Å². The maximum atomic E-state index is 13.3. The summed E-state index contributed by atoms with van der Waals surface area (Å²) in [6, 6.07) is 4.15. The predicted octanol–water partition coefficient (Wildman–Crippen LogP) is 2.54. The van der Waals surface area contributed by atoms with E-state index >= 15 is 0 Å². The Balaban J connectivity index is 2.27. The highest BCUT2D eigenvalue weighted by Crippen LogP contribution is 2.34. The molecule has 80 valence electrons. The van der Waals surface area contributed by atoms with Gasteiger partial charge < -0.3 is 5.11 Å². The van der Waals surface area contributed by atoms with Crippen molar-refractivity contribution in [3.05, 3.63) is 34.1 Å². The molecule has 2 rings (SSSR count). The average molecular weight is 273 g/mol. The summed E-state index contributed by atoms with van der Waals surface area (Å²) in [5.74, 6) is -1.07. The van der Waals surface area contributed by atoms with Gasteiger partial charge in [-0.05, 0) is 37.0 Å². The lowest BCUT2D eigenvalue weighted by Gasteiger charge is -2.08. The van der Waals surface area contributed by atoms with Crippen molar-refractivity contribution in [1.82, 2.24) is 0 Å². The number of carbonyl (C=O) groups is 1. The van der Waals surface area contributed by atoms with Gasteiger partial charge in [-0.15, -0.1) is 0 Å². The second-order valence-electron chi connectivity index (χ2n) is 3.77. The molecule has 1 N–H and O–H groups in total. The summed E-state index contributed by atoms with van der Waals surface area (Å²) in [5, 5.41) is 9.59. The highest BCUT2D eigenvalue weighted by molar-refractivity contribution is 9.10. The normalized spacial score (nSPS) is 17.5. The monoisotopic (exact) mass is 272 g/mol. The van der Waals surface area contributed by atoms with Gasteiger partial charge in [0, 0.05) is 4.47 Å². The lowest BCUT2D eigenvalue weighted by molar-refractivity contribution is 0.0699. The van der Waals surface area contributed by atoms with Crippen molar-refractivity contribution < 1.29 is 14.3 Å². The van der Waals surface area contributed by atoms with Crippen LogP contribution in [0.3, 0.4) is 0 Å². The molecule has 2 nitrogen and oxygen atoms in total. The molecule has 4 heteroatoms. The molecule has 0 aliphatic heterocycles. The Kier molecular flexibility index (Phi) is 2.89. The standard InChI is InChI=1S/C11H10BrFO2/c12-7-3-4-9(13)8(5-7)11(15)10(14)6-1-2-6/h3-6,10,14H,1-2H2. The van der Waals surface area contributed by atoms with Crippen molar-refractivity contribution in [2.24, 2.45) is 5.92 Å². The molecule has 15 heavy (non-hydrogen) atoms. The molecule has 1 unspecified atom stereocenters. The molecular weight excluding hydrogens is 263 g/mol. The van der Waals surface area contributed by atoms with Crippen LogP contribution in [0.25, 0.3) is 0 Å². The highest BCUT2D eigenvalue weighted by Gasteiger charge is 2.35. The van der Waals surface area contributed by atoms with Crippen LogP contribution < -0.4 is 0 Å². The molecule has 0 spiro atoms. The molecule has 1 saturated carbocycles. The van der Waals surface area contributed by atoms with Gasteiger partial charge in [0.25, 0.3) is 0 Å². The first kappa shape index (κ1) is 10.8. The lowest BCUT2D eigenvalue weighted by atomic mass is 10.0. The molecule has 1 aliphatic carbocycles. The quantitative estimate of drug-likeness (QED) is 0.859. The van der Waals surface area contributed by atoms with Gasteiger partial charge >= 0.3 is 0 Å². The Labute approximate surface area is 95.2 Å². The summed E-state index contributed by atoms with van der Waals surface area (Å²) in [4.78, 5) is 11.7. The first-order valence-corrected chi connectivity index (χ1v) is 5.56. The Morgan fingerprint density at radius 3 is 2.80 bits per heavy atom. The van der Waals surface area contributed by atoms with Gasteiger partial charge in [-0.25, -0.2) is 4.39 Å². The van der Waals surface area contributed by atoms with Gasteiger partial charge in [0.05, 0.1) is 5.56 Å². The van der Waals surface area contributed by atoms with Gasteiger partial charge in [-0.1, -0.05) is 15.9 Å². The Bertz CT molecular complexity index is 402. The summed E-state index contributed by atoms with van der Waals surface area (Å²) in [7, 11) is 0. The number of hydrogen-bond acceptors (Lipinski definition) is 2. The first-order valence-electron chi connectivity index (χ1n) is 4.77. The zero-order valence-electron chi connectivity index (χ0n) is 7.91. The summed E-state index contributed by atoms with van der Waals surface area (Å²) >= 11 is 3.17. The number of ketones is 1. The Hall–Kier alpha value is -0.740. The number of aliphatic hydroxyl groups is 1. The fraction of sp³-hybridized carbons (Fsp3) is 0.364. The average Bonchev–Trinajstić information content (AvgIpc) is 3.03. The summed E-state index contributed by atoms with van der Waals surface area (Å²) in [6.07, 6.45) is 0.652. The number of carbonyl (C=O) groups excluding carboxylic acids is 1. The maximum Gasteiger partial charge on any atom is 0.194 e. The van der Waals surface area contributed by atoms with Crippen LogP contribution >= 0.6 is 15.9 Å². The topological polar surface area (TPSA) is 37.3 Å². The number of rotatable bonds is 3. The predicted molar refractivity (Wildman–Crippen MR) is 57.2 cm³/mol. The van der Waals surface area contributed by atoms with Crippen LogP contribution in [0.1, 0.15) is 23.2 Å². The minimum absolute atomic E-state index is 0.0240. The molecule has 0 aromatic heterocycles. The minimum Gasteiger partial charge on any atom is -0.385 e. The molecule has 1 aromatic rings. The SMILES string of the molecule is O=C(c1cc(Br)ccc1F)C(O)C1CC1. The molecule has 0 radical (unpaired) electrons. The maximum absolute atomic E-state index is 13.3. The van der Waals surface area contributed by atoms with Crippen molar-refractivity contribution >= 4 is 21.7 Å². The zero-order valence-corrected chi connectivity index (χ0v) is 9.50. The van der Waals surface area contributed by atoms with Gasteiger partial charge in [-0.3, -0.25) is 4.79 Å². The summed E-state index contributed by atoms with van der Waals surface area (Å²) < 4.78 is 13.9. The largest absolute Gasteiger partial charge is 0.385 e. The van der Waals surface area contributed by atoms with E-state index in [0.717, 1.165) is 12.8 Å². The molecule has 0 heterocycles. The van der Waals surface area contributed by atoms with E-state index in [1.54, 1.807) is 0 Å². The van der Waals surface area contributed by atoms with Crippen LogP contribution in [-0.2, 0) is 0 Å². The van der Waals surface area contributed by atoms with Gasteiger partial charge in [0.1, 0.15) is 11.9 Å². The van der Waals surface area contributed by atoms with E-state index in [1.807, 2.05) is 0 Å². The third-order valence-corrected chi connectivity index (χ3v) is 3.02. The lowest BCUT2D eigenvalue weighted by Crippen LogP contribution is -2.23. The van der Waals surface area contributed by atoms with Crippen LogP contribution in [0.4, 0.5) is 4.39 Å². The van der Waals surface area contributed by atoms with Crippen molar-refractivity contribution in [2.75, 3.05) is 0 Å².